The molecule has 0 spiro atoms. The zero-order valence-electron chi connectivity index (χ0n) is 21.5. The zero-order chi connectivity index (χ0) is 27.0. The van der Waals surface area contributed by atoms with Crippen molar-refractivity contribution in [2.75, 3.05) is 24.6 Å². The maximum absolute atomic E-state index is 13.7. The Balaban J connectivity index is 1.66. The van der Waals surface area contributed by atoms with Crippen LogP contribution in [0.15, 0.2) is 30.5 Å². The van der Waals surface area contributed by atoms with Crippen molar-refractivity contribution < 1.29 is 28.2 Å². The third-order valence-electron chi connectivity index (χ3n) is 6.83. The van der Waals surface area contributed by atoms with Crippen LogP contribution in [0.4, 0.5) is 13.9 Å². The fourth-order valence-corrected chi connectivity index (χ4v) is 6.39. The molecule has 1 fully saturated rings. The minimum Gasteiger partial charge on any atom is -0.493 e. The summed E-state index contributed by atoms with van der Waals surface area (Å²) in [6.45, 7) is 7.06. The van der Waals surface area contributed by atoms with Gasteiger partial charge in [0.2, 0.25) is 0 Å². The van der Waals surface area contributed by atoms with Crippen LogP contribution in [0, 0.1) is 6.92 Å². The Hall–Kier alpha value is -3.37. The van der Waals surface area contributed by atoms with E-state index in [4.69, 9.17) is 14.5 Å². The molecule has 2 aliphatic rings. The Morgan fingerprint density at radius 2 is 2.03 bits per heavy atom. The van der Waals surface area contributed by atoms with E-state index in [1.165, 1.54) is 11.3 Å². The van der Waals surface area contributed by atoms with Crippen LogP contribution in [0.25, 0.3) is 32.2 Å². The first-order valence-electron chi connectivity index (χ1n) is 12.4. The average Bonchev–Trinajstić information content (AvgIpc) is 3.24. The summed E-state index contributed by atoms with van der Waals surface area (Å²) in [6.07, 6.45) is 1.23. The van der Waals surface area contributed by atoms with Gasteiger partial charge in [-0.3, -0.25) is 4.98 Å². The molecule has 0 aliphatic carbocycles. The molecule has 0 saturated carbocycles. The van der Waals surface area contributed by atoms with Crippen LogP contribution in [0.1, 0.15) is 43.6 Å². The van der Waals surface area contributed by atoms with Crippen molar-refractivity contribution in [2.24, 2.45) is 0 Å². The van der Waals surface area contributed by atoms with Crippen LogP contribution in [0.3, 0.4) is 0 Å². The molecule has 0 bridgehead atoms. The SMILES string of the molecule is Cc1cc2nc(N3CC(F)(F)C3)sc2c(-c2ccc3c4c(ccnc24)CCO3)c1[C@H](OC(C)(C)C)C(=O)O. The number of halogens is 2. The number of fused-ring (bicyclic) bond motifs is 1. The number of hydrogen-bond donors (Lipinski definition) is 1. The third-order valence-corrected chi connectivity index (χ3v) is 7.98. The van der Waals surface area contributed by atoms with Crippen LogP contribution in [-0.4, -0.2) is 52.3 Å². The van der Waals surface area contributed by atoms with E-state index in [9.17, 15) is 18.7 Å². The molecule has 2 aromatic heterocycles. The van der Waals surface area contributed by atoms with Crippen LogP contribution in [0.5, 0.6) is 5.75 Å². The van der Waals surface area contributed by atoms with Crippen LogP contribution >= 0.6 is 11.3 Å². The Bertz CT molecular complexity index is 1590. The lowest BCUT2D eigenvalue weighted by atomic mass is 9.89. The Labute approximate surface area is 222 Å². The summed E-state index contributed by atoms with van der Waals surface area (Å²) in [6, 6.07) is 7.57. The maximum atomic E-state index is 13.7. The molecule has 198 valence electrons. The summed E-state index contributed by atoms with van der Waals surface area (Å²) in [5, 5.41) is 11.7. The quantitative estimate of drug-likeness (QED) is 0.326. The average molecular weight is 540 g/mol. The fraction of sp³-hybridized carbons (Fsp3) is 0.393. The molecule has 1 atom stereocenters. The number of anilines is 1. The minimum absolute atomic E-state index is 0.390. The van der Waals surface area contributed by atoms with Gasteiger partial charge in [-0.1, -0.05) is 11.3 Å². The number of rotatable bonds is 5. The number of aliphatic carboxylic acids is 1. The molecule has 2 aliphatic heterocycles. The molecule has 0 radical (unpaired) electrons. The summed E-state index contributed by atoms with van der Waals surface area (Å²) in [5.74, 6) is -3.12. The third kappa shape index (κ3) is 4.16. The van der Waals surface area contributed by atoms with Crippen molar-refractivity contribution in [3.05, 3.63) is 47.2 Å². The highest BCUT2D eigenvalue weighted by Gasteiger charge is 2.45. The van der Waals surface area contributed by atoms with E-state index in [-0.39, 0.29) is 0 Å². The van der Waals surface area contributed by atoms with Gasteiger partial charge in [0.25, 0.3) is 5.92 Å². The van der Waals surface area contributed by atoms with Gasteiger partial charge >= 0.3 is 5.97 Å². The van der Waals surface area contributed by atoms with E-state index in [2.05, 4.69) is 4.98 Å². The molecule has 0 unspecified atom stereocenters. The normalized spacial score (nSPS) is 17.4. The first kappa shape index (κ1) is 24.9. The van der Waals surface area contributed by atoms with Crippen molar-refractivity contribution in [1.29, 1.82) is 0 Å². The number of ether oxygens (including phenoxy) is 2. The lowest BCUT2D eigenvalue weighted by molar-refractivity contribution is -0.160. The first-order valence-corrected chi connectivity index (χ1v) is 13.2. The van der Waals surface area contributed by atoms with Gasteiger partial charge in [0, 0.05) is 34.7 Å². The monoisotopic (exact) mass is 539 g/mol. The molecule has 10 heteroatoms. The van der Waals surface area contributed by atoms with Crippen LogP contribution < -0.4 is 9.64 Å². The lowest BCUT2D eigenvalue weighted by Gasteiger charge is -2.38. The van der Waals surface area contributed by atoms with Gasteiger partial charge in [0.1, 0.15) is 5.75 Å². The van der Waals surface area contributed by atoms with Gasteiger partial charge in [0.05, 0.1) is 41.0 Å². The van der Waals surface area contributed by atoms with Crippen molar-refractivity contribution in [1.82, 2.24) is 9.97 Å². The minimum atomic E-state index is -2.74. The predicted octanol–water partition coefficient (Wildman–Crippen LogP) is 6.15. The maximum Gasteiger partial charge on any atom is 0.337 e. The molecular weight excluding hydrogens is 512 g/mol. The summed E-state index contributed by atoms with van der Waals surface area (Å²) in [4.78, 5) is 23.6. The standard InChI is InChI=1S/C28H27F2N3O4S/c1-14-11-17-24(38-26(32-17)33-12-28(29,30)13-33)21(19(14)23(25(34)35)37-27(2,3)4)16-5-6-18-20-15(8-10-36-18)7-9-31-22(16)20/h5-7,9,11,23H,8,10,12-13H2,1-4H3,(H,34,35)/t23-/m0/s1. The number of thiazole rings is 1. The molecule has 6 rings (SSSR count). The van der Waals surface area contributed by atoms with Gasteiger partial charge in [0.15, 0.2) is 11.2 Å². The van der Waals surface area contributed by atoms with Gasteiger partial charge in [-0.05, 0) is 63.1 Å². The molecule has 7 nitrogen and oxygen atoms in total. The summed E-state index contributed by atoms with van der Waals surface area (Å²) < 4.78 is 40.1. The summed E-state index contributed by atoms with van der Waals surface area (Å²) in [5.41, 5.74) is 4.25. The van der Waals surface area contributed by atoms with Crippen LogP contribution in [-0.2, 0) is 16.0 Å². The number of carbonyl (C=O) groups is 1. The highest BCUT2D eigenvalue weighted by Crippen LogP contribution is 2.48. The number of aryl methyl sites for hydroxylation is 1. The highest BCUT2D eigenvalue weighted by molar-refractivity contribution is 7.22. The molecule has 4 heterocycles. The number of alkyl halides is 2. The molecular formula is C28H27F2N3O4S. The topological polar surface area (TPSA) is 84.8 Å². The Kier molecular flexibility index (Phi) is 5.63. The van der Waals surface area contributed by atoms with Crippen molar-refractivity contribution >= 4 is 43.6 Å². The van der Waals surface area contributed by atoms with E-state index in [0.29, 0.717) is 44.2 Å². The molecule has 38 heavy (non-hydrogen) atoms. The van der Waals surface area contributed by atoms with Crippen LogP contribution in [0.2, 0.25) is 0 Å². The summed E-state index contributed by atoms with van der Waals surface area (Å²) in [7, 11) is 0. The van der Waals surface area contributed by atoms with Crippen molar-refractivity contribution in [3.8, 4) is 16.9 Å². The number of hydrogen-bond acceptors (Lipinski definition) is 7. The molecule has 2 aromatic carbocycles. The predicted molar refractivity (Wildman–Crippen MR) is 143 cm³/mol. The number of pyridine rings is 1. The van der Waals surface area contributed by atoms with E-state index >= 15 is 0 Å². The second-order valence-electron chi connectivity index (χ2n) is 10.9. The molecule has 1 saturated heterocycles. The molecule has 0 amide bonds. The number of aromatic nitrogens is 2. The van der Waals surface area contributed by atoms with E-state index in [1.807, 2.05) is 52.0 Å². The zero-order valence-corrected chi connectivity index (χ0v) is 22.3. The smallest absolute Gasteiger partial charge is 0.337 e. The second-order valence-corrected chi connectivity index (χ2v) is 11.9. The fourth-order valence-electron chi connectivity index (χ4n) is 5.28. The van der Waals surface area contributed by atoms with Gasteiger partial charge < -0.3 is 19.5 Å². The summed E-state index contributed by atoms with van der Waals surface area (Å²) >= 11 is 1.28. The largest absolute Gasteiger partial charge is 0.493 e. The number of carboxylic acid groups (broad SMARTS) is 1. The molecule has 4 aromatic rings. The molecule has 1 N–H and O–H groups in total. The number of nitrogens with zero attached hydrogens (tertiary/aromatic N) is 3. The van der Waals surface area contributed by atoms with E-state index in [1.54, 1.807) is 11.1 Å². The van der Waals surface area contributed by atoms with Gasteiger partial charge in [-0.25, -0.2) is 18.6 Å². The Morgan fingerprint density at radius 1 is 1.26 bits per heavy atom. The number of carboxylic acids is 1. The highest BCUT2D eigenvalue weighted by atomic mass is 32.1. The first-order chi connectivity index (χ1) is 17.9. The van der Waals surface area contributed by atoms with Crippen molar-refractivity contribution in [2.45, 2.75) is 51.7 Å². The van der Waals surface area contributed by atoms with Gasteiger partial charge in [-0.2, -0.15) is 0 Å². The lowest BCUT2D eigenvalue weighted by Crippen LogP contribution is -2.56. The Morgan fingerprint density at radius 3 is 2.71 bits per heavy atom. The van der Waals surface area contributed by atoms with Crippen molar-refractivity contribution in [3.63, 3.8) is 0 Å². The van der Waals surface area contributed by atoms with E-state index in [0.717, 1.165) is 28.7 Å². The van der Waals surface area contributed by atoms with E-state index < -0.39 is 36.7 Å². The van der Waals surface area contributed by atoms with Gasteiger partial charge in [-0.15, -0.1) is 0 Å². The second kappa shape index (κ2) is 8.57. The number of benzene rings is 2.